The first-order valence-electron chi connectivity index (χ1n) is 9.51. The smallest absolute Gasteiger partial charge is 0.254 e. The van der Waals surface area contributed by atoms with Crippen molar-refractivity contribution in [2.24, 2.45) is 0 Å². The molecule has 1 amide bonds. The van der Waals surface area contributed by atoms with Crippen LogP contribution in [0.15, 0.2) is 54.6 Å². The first-order chi connectivity index (χ1) is 12.8. The summed E-state index contributed by atoms with van der Waals surface area (Å²) in [5.41, 5.74) is 1.90. The number of amides is 1. The highest BCUT2D eigenvalue weighted by Crippen LogP contribution is 2.33. The van der Waals surface area contributed by atoms with Gasteiger partial charge in [0.2, 0.25) is 0 Å². The summed E-state index contributed by atoms with van der Waals surface area (Å²) < 4.78 is 11.5. The SMILES string of the molecule is O=C(c1cccc(OCC2CCCO2)c1)N1CCCC1c1ccccc1. The Bertz CT molecular complexity index is 740. The summed E-state index contributed by atoms with van der Waals surface area (Å²) in [6.45, 7) is 2.18. The predicted octanol–water partition coefficient (Wildman–Crippen LogP) is 4.22. The van der Waals surface area contributed by atoms with E-state index in [-0.39, 0.29) is 18.1 Å². The highest BCUT2D eigenvalue weighted by atomic mass is 16.5. The molecule has 0 radical (unpaired) electrons. The zero-order chi connectivity index (χ0) is 17.8. The largest absolute Gasteiger partial charge is 0.491 e. The van der Waals surface area contributed by atoms with E-state index in [1.165, 1.54) is 5.56 Å². The molecule has 2 aromatic rings. The average molecular weight is 351 g/mol. The van der Waals surface area contributed by atoms with E-state index in [0.29, 0.717) is 12.2 Å². The molecule has 2 heterocycles. The van der Waals surface area contributed by atoms with Crippen molar-refractivity contribution in [3.8, 4) is 5.75 Å². The number of benzene rings is 2. The van der Waals surface area contributed by atoms with Gasteiger partial charge < -0.3 is 14.4 Å². The van der Waals surface area contributed by atoms with Gasteiger partial charge in [-0.15, -0.1) is 0 Å². The number of hydrogen-bond donors (Lipinski definition) is 0. The van der Waals surface area contributed by atoms with Gasteiger partial charge in [0, 0.05) is 18.7 Å². The first-order valence-corrected chi connectivity index (χ1v) is 9.51. The van der Waals surface area contributed by atoms with E-state index in [0.717, 1.165) is 44.6 Å². The average Bonchev–Trinajstić information content (AvgIpc) is 3.38. The van der Waals surface area contributed by atoms with Crippen molar-refractivity contribution in [2.75, 3.05) is 19.8 Å². The first kappa shape index (κ1) is 17.1. The van der Waals surface area contributed by atoms with Gasteiger partial charge in [-0.3, -0.25) is 4.79 Å². The molecule has 2 aromatic carbocycles. The number of carbonyl (C=O) groups is 1. The van der Waals surface area contributed by atoms with E-state index in [1.54, 1.807) is 0 Å². The second kappa shape index (κ2) is 7.92. The van der Waals surface area contributed by atoms with Crippen LogP contribution in [0.5, 0.6) is 5.75 Å². The quantitative estimate of drug-likeness (QED) is 0.809. The molecule has 0 aromatic heterocycles. The van der Waals surface area contributed by atoms with Crippen molar-refractivity contribution < 1.29 is 14.3 Å². The standard InChI is InChI=1S/C22H25NO3/c24-22(23-13-5-12-21(23)17-7-2-1-3-8-17)18-9-4-10-19(15-18)26-16-20-11-6-14-25-20/h1-4,7-10,15,20-21H,5-6,11-14,16H2. The van der Waals surface area contributed by atoms with Crippen LogP contribution in [0.1, 0.15) is 47.6 Å². The van der Waals surface area contributed by atoms with Crippen LogP contribution in [0, 0.1) is 0 Å². The predicted molar refractivity (Wildman–Crippen MR) is 100 cm³/mol. The van der Waals surface area contributed by atoms with Gasteiger partial charge >= 0.3 is 0 Å². The molecule has 136 valence electrons. The molecule has 0 saturated carbocycles. The number of likely N-dealkylation sites (tertiary alicyclic amines) is 1. The molecule has 2 aliphatic rings. The molecule has 4 heteroatoms. The summed E-state index contributed by atoms with van der Waals surface area (Å²) in [4.78, 5) is 15.1. The Morgan fingerprint density at radius 1 is 1.08 bits per heavy atom. The molecule has 2 unspecified atom stereocenters. The summed E-state index contributed by atoms with van der Waals surface area (Å²) >= 11 is 0. The number of rotatable bonds is 5. The summed E-state index contributed by atoms with van der Waals surface area (Å²) in [6.07, 6.45) is 4.38. The topological polar surface area (TPSA) is 38.8 Å². The van der Waals surface area contributed by atoms with E-state index in [9.17, 15) is 4.79 Å². The fraction of sp³-hybridized carbons (Fsp3) is 0.409. The Morgan fingerprint density at radius 3 is 2.77 bits per heavy atom. The highest BCUT2D eigenvalue weighted by molar-refractivity contribution is 5.95. The molecule has 4 rings (SSSR count). The normalized spacial score (nSPS) is 22.5. The second-order valence-corrected chi connectivity index (χ2v) is 7.04. The van der Waals surface area contributed by atoms with Crippen LogP contribution in [0.25, 0.3) is 0 Å². The third-order valence-corrected chi connectivity index (χ3v) is 5.24. The Morgan fingerprint density at radius 2 is 1.96 bits per heavy atom. The molecule has 26 heavy (non-hydrogen) atoms. The molecule has 2 aliphatic heterocycles. The maximum Gasteiger partial charge on any atom is 0.254 e. The van der Waals surface area contributed by atoms with Crippen LogP contribution in [0.3, 0.4) is 0 Å². The number of ether oxygens (including phenoxy) is 2. The Balaban J connectivity index is 1.46. The molecule has 4 nitrogen and oxygen atoms in total. The zero-order valence-corrected chi connectivity index (χ0v) is 15.0. The third kappa shape index (κ3) is 3.75. The molecule has 0 bridgehead atoms. The Hall–Kier alpha value is -2.33. The minimum Gasteiger partial charge on any atom is -0.491 e. The lowest BCUT2D eigenvalue weighted by molar-refractivity contribution is 0.0676. The van der Waals surface area contributed by atoms with Crippen molar-refractivity contribution >= 4 is 5.91 Å². The van der Waals surface area contributed by atoms with Gasteiger partial charge in [0.15, 0.2) is 0 Å². The molecule has 2 atom stereocenters. The lowest BCUT2D eigenvalue weighted by atomic mass is 10.0. The van der Waals surface area contributed by atoms with Gasteiger partial charge in [-0.2, -0.15) is 0 Å². The van der Waals surface area contributed by atoms with Crippen LogP contribution in [0.4, 0.5) is 0 Å². The summed E-state index contributed by atoms with van der Waals surface area (Å²) in [5, 5.41) is 0. The fourth-order valence-electron chi connectivity index (χ4n) is 3.88. The molecule has 0 N–H and O–H groups in total. The van der Waals surface area contributed by atoms with E-state index in [4.69, 9.17) is 9.47 Å². The number of carbonyl (C=O) groups excluding carboxylic acids is 1. The van der Waals surface area contributed by atoms with Crippen LogP contribution in [0.2, 0.25) is 0 Å². The van der Waals surface area contributed by atoms with Crippen molar-refractivity contribution in [3.05, 3.63) is 65.7 Å². The van der Waals surface area contributed by atoms with Crippen LogP contribution < -0.4 is 4.74 Å². The number of nitrogens with zero attached hydrogens (tertiary/aromatic N) is 1. The van der Waals surface area contributed by atoms with Crippen LogP contribution >= 0.6 is 0 Å². The molecular weight excluding hydrogens is 326 g/mol. The molecule has 0 aliphatic carbocycles. The van der Waals surface area contributed by atoms with Crippen LogP contribution in [-0.4, -0.2) is 36.7 Å². The minimum absolute atomic E-state index is 0.0823. The lowest BCUT2D eigenvalue weighted by Gasteiger charge is -2.25. The molecule has 2 fully saturated rings. The van der Waals surface area contributed by atoms with E-state index < -0.39 is 0 Å². The van der Waals surface area contributed by atoms with E-state index in [1.807, 2.05) is 47.4 Å². The monoisotopic (exact) mass is 351 g/mol. The van der Waals surface area contributed by atoms with Gasteiger partial charge in [0.1, 0.15) is 12.4 Å². The number of hydrogen-bond acceptors (Lipinski definition) is 3. The zero-order valence-electron chi connectivity index (χ0n) is 15.0. The van der Waals surface area contributed by atoms with Gasteiger partial charge in [-0.25, -0.2) is 0 Å². The van der Waals surface area contributed by atoms with Crippen LogP contribution in [-0.2, 0) is 4.74 Å². The second-order valence-electron chi connectivity index (χ2n) is 7.04. The van der Waals surface area contributed by atoms with Crippen molar-refractivity contribution in [1.82, 2.24) is 4.90 Å². The minimum atomic E-state index is 0.0823. The highest BCUT2D eigenvalue weighted by Gasteiger charge is 2.30. The van der Waals surface area contributed by atoms with E-state index in [2.05, 4.69) is 12.1 Å². The molecular formula is C22H25NO3. The van der Waals surface area contributed by atoms with Gasteiger partial charge in [-0.1, -0.05) is 36.4 Å². The van der Waals surface area contributed by atoms with E-state index >= 15 is 0 Å². The fourth-order valence-corrected chi connectivity index (χ4v) is 3.88. The summed E-state index contributed by atoms with van der Waals surface area (Å²) in [5.74, 6) is 0.820. The van der Waals surface area contributed by atoms with Gasteiger partial charge in [0.25, 0.3) is 5.91 Å². The Kier molecular flexibility index (Phi) is 5.21. The van der Waals surface area contributed by atoms with Crippen molar-refractivity contribution in [3.63, 3.8) is 0 Å². The molecule has 0 spiro atoms. The maximum absolute atomic E-state index is 13.1. The lowest BCUT2D eigenvalue weighted by Crippen LogP contribution is -2.30. The van der Waals surface area contributed by atoms with Gasteiger partial charge in [0.05, 0.1) is 12.1 Å². The van der Waals surface area contributed by atoms with Crippen molar-refractivity contribution in [1.29, 1.82) is 0 Å². The summed E-state index contributed by atoms with van der Waals surface area (Å²) in [6, 6.07) is 18.0. The molecule has 2 saturated heterocycles. The van der Waals surface area contributed by atoms with Crippen molar-refractivity contribution in [2.45, 2.75) is 37.8 Å². The van der Waals surface area contributed by atoms with Gasteiger partial charge in [-0.05, 0) is 49.4 Å². The maximum atomic E-state index is 13.1. The third-order valence-electron chi connectivity index (χ3n) is 5.24. The summed E-state index contributed by atoms with van der Waals surface area (Å²) in [7, 11) is 0. The Labute approximate surface area is 154 Å².